The molecule has 0 saturated heterocycles. The number of rotatable bonds is 4. The number of methoxy groups -OCH3 is 1. The smallest absolute Gasteiger partial charge is 0.325 e. The largest absolute Gasteiger partial charge is 0.468 e. The Morgan fingerprint density at radius 3 is 2.72 bits per heavy atom. The molecule has 1 aromatic carbocycles. The highest BCUT2D eigenvalue weighted by Gasteiger charge is 2.21. The van der Waals surface area contributed by atoms with Crippen molar-refractivity contribution in [3.8, 4) is 0 Å². The fourth-order valence-electron chi connectivity index (χ4n) is 1.17. The third-order valence-corrected chi connectivity index (χ3v) is 2.02. The lowest BCUT2D eigenvalue weighted by Gasteiger charge is -2.04. The van der Waals surface area contributed by atoms with Gasteiger partial charge in [-0.15, -0.1) is 0 Å². The van der Waals surface area contributed by atoms with Crippen LogP contribution in [0, 0.1) is 15.9 Å². The van der Waals surface area contributed by atoms with Crippen LogP contribution in [0.15, 0.2) is 18.2 Å². The number of esters is 1. The highest BCUT2D eigenvalue weighted by molar-refractivity contribution is 5.99. The number of hydrogen-bond acceptors (Lipinski definition) is 5. The van der Waals surface area contributed by atoms with Crippen LogP contribution in [0.3, 0.4) is 0 Å². The lowest BCUT2D eigenvalue weighted by Crippen LogP contribution is -2.30. The minimum absolute atomic E-state index is 0.328. The topological polar surface area (TPSA) is 98.5 Å². The minimum atomic E-state index is -0.879. The van der Waals surface area contributed by atoms with Crippen LogP contribution in [0.4, 0.5) is 10.1 Å². The third-order valence-electron chi connectivity index (χ3n) is 2.02. The number of nitrogens with one attached hydrogen (secondary N) is 1. The molecule has 1 aromatic rings. The number of carbonyl (C=O) groups is 2. The summed E-state index contributed by atoms with van der Waals surface area (Å²) in [6, 6.07) is 2.52. The van der Waals surface area contributed by atoms with Crippen molar-refractivity contribution in [1.29, 1.82) is 0 Å². The second kappa shape index (κ2) is 5.71. The number of ether oxygens (including phenoxy) is 1. The molecule has 0 atom stereocenters. The second-order valence-corrected chi connectivity index (χ2v) is 3.18. The number of nitro benzene ring substituents is 1. The van der Waals surface area contributed by atoms with Crippen LogP contribution < -0.4 is 5.32 Å². The van der Waals surface area contributed by atoms with Gasteiger partial charge in [0.25, 0.3) is 11.6 Å². The third kappa shape index (κ3) is 3.24. The normalized spacial score (nSPS) is 9.67. The van der Waals surface area contributed by atoms with E-state index >= 15 is 0 Å². The van der Waals surface area contributed by atoms with Crippen LogP contribution >= 0.6 is 0 Å². The van der Waals surface area contributed by atoms with Crippen molar-refractivity contribution in [1.82, 2.24) is 5.32 Å². The minimum Gasteiger partial charge on any atom is -0.468 e. The molecule has 0 fully saturated rings. The lowest BCUT2D eigenvalue weighted by molar-refractivity contribution is -0.385. The first-order valence-electron chi connectivity index (χ1n) is 4.74. The van der Waals surface area contributed by atoms with Gasteiger partial charge in [-0.05, 0) is 12.1 Å². The van der Waals surface area contributed by atoms with Crippen LogP contribution in [0.1, 0.15) is 10.4 Å². The highest BCUT2D eigenvalue weighted by Crippen LogP contribution is 2.19. The van der Waals surface area contributed by atoms with Gasteiger partial charge >= 0.3 is 5.97 Å². The summed E-state index contributed by atoms with van der Waals surface area (Å²) in [5.74, 6) is -2.38. The Kier molecular flexibility index (Phi) is 4.30. The van der Waals surface area contributed by atoms with E-state index in [0.29, 0.717) is 6.07 Å². The van der Waals surface area contributed by atoms with Gasteiger partial charge in [0.15, 0.2) is 0 Å². The quantitative estimate of drug-likeness (QED) is 0.484. The van der Waals surface area contributed by atoms with E-state index in [2.05, 4.69) is 10.1 Å². The van der Waals surface area contributed by atoms with Crippen molar-refractivity contribution in [2.75, 3.05) is 13.7 Å². The monoisotopic (exact) mass is 256 g/mol. The van der Waals surface area contributed by atoms with Crippen molar-refractivity contribution in [3.63, 3.8) is 0 Å². The van der Waals surface area contributed by atoms with E-state index in [1.165, 1.54) is 0 Å². The van der Waals surface area contributed by atoms with E-state index in [0.717, 1.165) is 19.2 Å². The molecule has 96 valence electrons. The molecule has 0 spiro atoms. The molecule has 0 unspecified atom stereocenters. The van der Waals surface area contributed by atoms with Gasteiger partial charge in [-0.2, -0.15) is 0 Å². The SMILES string of the molecule is COC(=O)CNC(=O)c1ccc(F)cc1[N+](=O)[O-]. The average Bonchev–Trinajstić information content (AvgIpc) is 2.35. The number of hydrogen-bond donors (Lipinski definition) is 1. The van der Waals surface area contributed by atoms with Gasteiger partial charge in [-0.25, -0.2) is 4.39 Å². The zero-order chi connectivity index (χ0) is 13.7. The summed E-state index contributed by atoms with van der Waals surface area (Å²) in [4.78, 5) is 32.1. The first-order chi connectivity index (χ1) is 8.45. The molecule has 0 bridgehead atoms. The molecule has 1 amide bonds. The van der Waals surface area contributed by atoms with Crippen LogP contribution in [0.25, 0.3) is 0 Å². The second-order valence-electron chi connectivity index (χ2n) is 3.18. The van der Waals surface area contributed by atoms with Crippen LogP contribution in [0.5, 0.6) is 0 Å². The Morgan fingerprint density at radius 2 is 2.17 bits per heavy atom. The molecule has 1 N–H and O–H groups in total. The molecule has 18 heavy (non-hydrogen) atoms. The van der Waals surface area contributed by atoms with E-state index in [1.54, 1.807) is 0 Å². The first-order valence-corrected chi connectivity index (χ1v) is 4.74. The van der Waals surface area contributed by atoms with Crippen LogP contribution in [0.2, 0.25) is 0 Å². The first kappa shape index (κ1) is 13.6. The van der Waals surface area contributed by atoms with Gasteiger partial charge < -0.3 is 10.1 Å². The number of halogens is 1. The molecule has 0 aliphatic heterocycles. The number of amides is 1. The zero-order valence-electron chi connectivity index (χ0n) is 9.31. The Morgan fingerprint density at radius 1 is 1.50 bits per heavy atom. The van der Waals surface area contributed by atoms with E-state index < -0.39 is 34.8 Å². The molecule has 0 saturated carbocycles. The fraction of sp³-hybridized carbons (Fsp3) is 0.200. The maximum Gasteiger partial charge on any atom is 0.325 e. The Bertz CT molecular complexity index is 503. The van der Waals surface area contributed by atoms with E-state index in [1.807, 2.05) is 0 Å². The highest BCUT2D eigenvalue weighted by atomic mass is 19.1. The Hall–Kier alpha value is -2.51. The van der Waals surface area contributed by atoms with Gasteiger partial charge in [0.1, 0.15) is 17.9 Å². The maximum atomic E-state index is 12.8. The summed E-state index contributed by atoms with van der Waals surface area (Å²) in [6.07, 6.45) is 0. The van der Waals surface area contributed by atoms with Gasteiger partial charge in [-0.1, -0.05) is 0 Å². The van der Waals surface area contributed by atoms with Gasteiger partial charge in [0, 0.05) is 0 Å². The Balaban J connectivity index is 2.92. The van der Waals surface area contributed by atoms with E-state index in [-0.39, 0.29) is 5.56 Å². The lowest BCUT2D eigenvalue weighted by atomic mass is 10.1. The number of benzene rings is 1. The fourth-order valence-corrected chi connectivity index (χ4v) is 1.17. The summed E-state index contributed by atoms with van der Waals surface area (Å²) in [6.45, 7) is -0.427. The van der Waals surface area contributed by atoms with Gasteiger partial charge in [-0.3, -0.25) is 19.7 Å². The number of nitro groups is 1. The van der Waals surface area contributed by atoms with Crippen LogP contribution in [-0.2, 0) is 9.53 Å². The molecule has 0 aliphatic rings. The zero-order valence-corrected chi connectivity index (χ0v) is 9.31. The summed E-state index contributed by atoms with van der Waals surface area (Å²) in [5.41, 5.74) is -0.998. The van der Waals surface area contributed by atoms with E-state index in [4.69, 9.17) is 0 Å². The summed E-state index contributed by atoms with van der Waals surface area (Å²) >= 11 is 0. The molecular formula is C10H9FN2O5. The summed E-state index contributed by atoms with van der Waals surface area (Å²) in [5, 5.41) is 12.8. The molecule has 8 heteroatoms. The van der Waals surface area contributed by atoms with Crippen molar-refractivity contribution >= 4 is 17.6 Å². The Labute approximate surface area is 101 Å². The molecule has 0 heterocycles. The predicted octanol–water partition coefficient (Wildman–Crippen LogP) is 0.637. The number of carbonyl (C=O) groups excluding carboxylic acids is 2. The summed E-state index contributed by atoms with van der Waals surface area (Å²) < 4.78 is 17.1. The van der Waals surface area contributed by atoms with Crippen molar-refractivity contribution in [3.05, 3.63) is 39.7 Å². The number of nitrogens with zero attached hydrogens (tertiary/aromatic N) is 1. The molecular weight excluding hydrogens is 247 g/mol. The molecule has 7 nitrogen and oxygen atoms in total. The summed E-state index contributed by atoms with van der Waals surface area (Å²) in [7, 11) is 1.13. The molecule has 1 rings (SSSR count). The van der Waals surface area contributed by atoms with Gasteiger partial charge in [0.05, 0.1) is 18.1 Å². The maximum absolute atomic E-state index is 12.8. The molecule has 0 aliphatic carbocycles. The standard InChI is InChI=1S/C10H9FN2O5/c1-18-9(14)5-12-10(15)7-3-2-6(11)4-8(7)13(16)17/h2-4H,5H2,1H3,(H,12,15). The molecule has 0 aromatic heterocycles. The van der Waals surface area contributed by atoms with Crippen LogP contribution in [-0.4, -0.2) is 30.5 Å². The van der Waals surface area contributed by atoms with Gasteiger partial charge in [0.2, 0.25) is 0 Å². The predicted molar refractivity (Wildman–Crippen MR) is 57.4 cm³/mol. The van der Waals surface area contributed by atoms with Crippen molar-refractivity contribution in [2.24, 2.45) is 0 Å². The van der Waals surface area contributed by atoms with Crippen molar-refractivity contribution < 1.29 is 23.6 Å². The molecule has 0 radical (unpaired) electrons. The van der Waals surface area contributed by atoms with E-state index in [9.17, 15) is 24.1 Å². The van der Waals surface area contributed by atoms with Crippen molar-refractivity contribution in [2.45, 2.75) is 0 Å². The average molecular weight is 256 g/mol.